The van der Waals surface area contributed by atoms with Crippen LogP contribution in [0, 0.1) is 0 Å². The van der Waals surface area contributed by atoms with Crippen molar-refractivity contribution < 1.29 is 9.53 Å². The number of thiophene rings is 1. The van der Waals surface area contributed by atoms with Gasteiger partial charge in [0.2, 0.25) is 0 Å². The lowest BCUT2D eigenvalue weighted by molar-refractivity contribution is 0.0232. The lowest BCUT2D eigenvalue weighted by Gasteiger charge is -2.27. The number of hydrogen-bond donors (Lipinski definition) is 2. The lowest BCUT2D eigenvalue weighted by Crippen LogP contribution is -2.39. The Morgan fingerprint density at radius 3 is 2.77 bits per heavy atom. The predicted octanol–water partition coefficient (Wildman–Crippen LogP) is 3.21. The molecule has 1 aromatic heterocycles. The van der Waals surface area contributed by atoms with Crippen LogP contribution >= 0.6 is 11.3 Å². The summed E-state index contributed by atoms with van der Waals surface area (Å²) in [5.74, 6) is 0. The third-order valence-corrected chi connectivity index (χ3v) is 4.37. The van der Waals surface area contributed by atoms with Crippen molar-refractivity contribution in [3.63, 3.8) is 0 Å². The number of anilines is 1. The minimum atomic E-state index is -0.431. The summed E-state index contributed by atoms with van der Waals surface area (Å²) in [6.07, 6.45) is 2.93. The number of carbonyl (C=O) groups is 1. The molecule has 0 aromatic carbocycles. The number of nitrogen functional groups attached to an aromatic ring is 1. The molecule has 0 spiro atoms. The first kappa shape index (κ1) is 17.1. The Morgan fingerprint density at radius 1 is 1.50 bits per heavy atom. The van der Waals surface area contributed by atoms with Crippen molar-refractivity contribution >= 4 is 23.1 Å². The maximum absolute atomic E-state index is 12.2. The highest BCUT2D eigenvalue weighted by atomic mass is 32.1. The van der Waals surface area contributed by atoms with Gasteiger partial charge in [-0.15, -0.1) is 11.3 Å². The molecule has 0 aliphatic heterocycles. The maximum atomic E-state index is 12.2. The minimum Gasteiger partial charge on any atom is -0.444 e. The van der Waals surface area contributed by atoms with Crippen LogP contribution < -0.4 is 11.1 Å². The molecule has 1 aromatic rings. The van der Waals surface area contributed by atoms with Crippen LogP contribution in [0.4, 0.5) is 10.5 Å². The highest BCUT2D eigenvalue weighted by molar-refractivity contribution is 7.10. The Kier molecular flexibility index (Phi) is 5.69. The van der Waals surface area contributed by atoms with E-state index in [-0.39, 0.29) is 6.09 Å². The SMILES string of the molecule is CC(C)(C)OC(=O)N(CCCNCc1sccc1N)C1CC1. The second kappa shape index (κ2) is 7.33. The van der Waals surface area contributed by atoms with E-state index >= 15 is 0 Å². The van der Waals surface area contributed by atoms with Crippen molar-refractivity contribution in [3.05, 3.63) is 16.3 Å². The van der Waals surface area contributed by atoms with Crippen molar-refractivity contribution in [2.75, 3.05) is 18.8 Å². The molecule has 1 saturated carbocycles. The quantitative estimate of drug-likeness (QED) is 0.755. The molecule has 124 valence electrons. The van der Waals surface area contributed by atoms with E-state index in [0.29, 0.717) is 6.04 Å². The molecular formula is C16H27N3O2S. The zero-order valence-corrected chi connectivity index (χ0v) is 14.5. The number of nitrogens with one attached hydrogen (secondary N) is 1. The molecule has 1 fully saturated rings. The summed E-state index contributed by atoms with van der Waals surface area (Å²) >= 11 is 1.67. The average molecular weight is 325 g/mol. The second-order valence-corrected chi connectivity index (χ2v) is 7.74. The van der Waals surface area contributed by atoms with Gasteiger partial charge in [-0.05, 0) is 58.0 Å². The predicted molar refractivity (Wildman–Crippen MR) is 91.0 cm³/mol. The second-order valence-electron chi connectivity index (χ2n) is 6.73. The molecule has 5 nitrogen and oxygen atoms in total. The van der Waals surface area contributed by atoms with E-state index in [1.54, 1.807) is 11.3 Å². The normalized spacial score (nSPS) is 14.9. The van der Waals surface area contributed by atoms with Gasteiger partial charge >= 0.3 is 6.09 Å². The summed E-state index contributed by atoms with van der Waals surface area (Å²) < 4.78 is 5.48. The fraction of sp³-hybridized carbons (Fsp3) is 0.688. The Hall–Kier alpha value is -1.27. The van der Waals surface area contributed by atoms with Crippen LogP contribution in [-0.4, -0.2) is 35.7 Å². The number of carbonyl (C=O) groups excluding carboxylic acids is 1. The number of ether oxygens (including phenoxy) is 1. The molecule has 6 heteroatoms. The van der Waals surface area contributed by atoms with E-state index in [1.165, 1.54) is 4.88 Å². The summed E-state index contributed by atoms with van der Waals surface area (Å²) in [7, 11) is 0. The maximum Gasteiger partial charge on any atom is 0.410 e. The number of hydrogen-bond acceptors (Lipinski definition) is 5. The molecule has 0 radical (unpaired) electrons. The van der Waals surface area contributed by atoms with E-state index in [1.807, 2.05) is 37.1 Å². The molecule has 1 aliphatic carbocycles. The summed E-state index contributed by atoms with van der Waals surface area (Å²) in [6.45, 7) is 8.12. The zero-order chi connectivity index (χ0) is 16.2. The first-order chi connectivity index (χ1) is 10.4. The Balaban J connectivity index is 1.69. The van der Waals surface area contributed by atoms with E-state index in [2.05, 4.69) is 5.32 Å². The summed E-state index contributed by atoms with van der Waals surface area (Å²) in [6, 6.07) is 2.31. The van der Waals surface area contributed by atoms with E-state index in [0.717, 1.165) is 44.6 Å². The van der Waals surface area contributed by atoms with Crippen LogP contribution in [0.1, 0.15) is 44.9 Å². The van der Waals surface area contributed by atoms with Gasteiger partial charge in [-0.25, -0.2) is 4.79 Å². The van der Waals surface area contributed by atoms with E-state index < -0.39 is 5.60 Å². The molecule has 2 rings (SSSR count). The van der Waals surface area contributed by atoms with Crippen molar-refractivity contribution in [2.24, 2.45) is 0 Å². The zero-order valence-electron chi connectivity index (χ0n) is 13.7. The van der Waals surface area contributed by atoms with Gasteiger partial charge in [-0.1, -0.05) is 0 Å². The van der Waals surface area contributed by atoms with Gasteiger partial charge in [0, 0.05) is 29.7 Å². The number of nitrogens with two attached hydrogens (primary N) is 1. The first-order valence-corrected chi connectivity index (χ1v) is 8.77. The molecule has 0 bridgehead atoms. The third kappa shape index (κ3) is 5.50. The van der Waals surface area contributed by atoms with Crippen LogP contribution in [0.15, 0.2) is 11.4 Å². The van der Waals surface area contributed by atoms with Crippen LogP contribution in [0.5, 0.6) is 0 Å². The standard InChI is InChI=1S/C16H27N3O2S/c1-16(2,3)21-15(20)19(12-5-6-12)9-4-8-18-11-14-13(17)7-10-22-14/h7,10,12,18H,4-6,8-9,11,17H2,1-3H3. The largest absolute Gasteiger partial charge is 0.444 e. The molecule has 1 aliphatic rings. The summed E-state index contributed by atoms with van der Waals surface area (Å²) in [5, 5.41) is 5.39. The third-order valence-electron chi connectivity index (χ3n) is 3.43. The Labute approximate surface area is 136 Å². The topological polar surface area (TPSA) is 67.6 Å². The monoisotopic (exact) mass is 325 g/mol. The van der Waals surface area contributed by atoms with Gasteiger partial charge in [0.05, 0.1) is 0 Å². The first-order valence-electron chi connectivity index (χ1n) is 7.89. The van der Waals surface area contributed by atoms with Crippen molar-refractivity contribution in [1.29, 1.82) is 0 Å². The van der Waals surface area contributed by atoms with Gasteiger partial charge in [0.15, 0.2) is 0 Å². The van der Waals surface area contributed by atoms with Crippen molar-refractivity contribution in [1.82, 2.24) is 10.2 Å². The number of amides is 1. The average Bonchev–Trinajstić information content (AvgIpc) is 3.15. The molecule has 0 atom stereocenters. The smallest absolute Gasteiger partial charge is 0.410 e. The van der Waals surface area contributed by atoms with Crippen LogP contribution in [0.2, 0.25) is 0 Å². The lowest BCUT2D eigenvalue weighted by atomic mass is 10.2. The van der Waals surface area contributed by atoms with E-state index in [9.17, 15) is 4.79 Å². The van der Waals surface area contributed by atoms with Gasteiger partial charge in [0.1, 0.15) is 5.60 Å². The van der Waals surface area contributed by atoms with Gasteiger partial charge < -0.3 is 20.7 Å². The Bertz CT molecular complexity index is 492. The van der Waals surface area contributed by atoms with Crippen LogP contribution in [0.3, 0.4) is 0 Å². The number of nitrogens with zero attached hydrogens (tertiary/aromatic N) is 1. The number of rotatable bonds is 7. The highest BCUT2D eigenvalue weighted by Crippen LogP contribution is 2.28. The van der Waals surface area contributed by atoms with Crippen molar-refractivity contribution in [2.45, 2.75) is 58.2 Å². The van der Waals surface area contributed by atoms with Crippen LogP contribution in [-0.2, 0) is 11.3 Å². The van der Waals surface area contributed by atoms with Gasteiger partial charge in [-0.2, -0.15) is 0 Å². The molecule has 3 N–H and O–H groups in total. The Morgan fingerprint density at radius 2 is 2.23 bits per heavy atom. The summed E-state index contributed by atoms with van der Waals surface area (Å²) in [4.78, 5) is 15.3. The molecule has 22 heavy (non-hydrogen) atoms. The molecule has 1 heterocycles. The minimum absolute atomic E-state index is 0.183. The molecule has 0 saturated heterocycles. The molecular weight excluding hydrogens is 298 g/mol. The van der Waals surface area contributed by atoms with E-state index in [4.69, 9.17) is 10.5 Å². The fourth-order valence-corrected chi connectivity index (χ4v) is 2.97. The molecule has 1 amide bonds. The van der Waals surface area contributed by atoms with Gasteiger partial charge in [0.25, 0.3) is 0 Å². The van der Waals surface area contributed by atoms with Gasteiger partial charge in [-0.3, -0.25) is 0 Å². The summed E-state index contributed by atoms with van der Waals surface area (Å²) in [5.41, 5.74) is 6.27. The fourth-order valence-electron chi connectivity index (χ4n) is 2.20. The molecule has 0 unspecified atom stereocenters. The van der Waals surface area contributed by atoms with Crippen molar-refractivity contribution in [3.8, 4) is 0 Å². The van der Waals surface area contributed by atoms with Crippen LogP contribution in [0.25, 0.3) is 0 Å². The highest BCUT2D eigenvalue weighted by Gasteiger charge is 2.34.